The Morgan fingerprint density at radius 3 is 2.58 bits per heavy atom. The minimum atomic E-state index is -3.85. The number of halogens is 2. The van der Waals surface area contributed by atoms with Crippen molar-refractivity contribution in [1.29, 1.82) is 0 Å². The number of carbonyl (C=O) groups excluding carboxylic acids is 1. The molecule has 0 aliphatic heterocycles. The van der Waals surface area contributed by atoms with E-state index in [9.17, 15) is 22.0 Å². The Bertz CT molecular complexity index is 893. The van der Waals surface area contributed by atoms with Crippen molar-refractivity contribution in [1.82, 2.24) is 15.2 Å². The van der Waals surface area contributed by atoms with E-state index in [2.05, 4.69) is 15.2 Å². The van der Waals surface area contributed by atoms with E-state index in [1.54, 1.807) is 6.92 Å². The molecule has 1 aromatic heterocycles. The quantitative estimate of drug-likeness (QED) is 0.758. The van der Waals surface area contributed by atoms with Gasteiger partial charge in [-0.25, -0.2) is 21.9 Å². The second-order valence-corrected chi connectivity index (χ2v) is 7.46. The summed E-state index contributed by atoms with van der Waals surface area (Å²) in [5, 5.41) is 6.11. The van der Waals surface area contributed by atoms with E-state index < -0.39 is 33.6 Å². The SMILES string of the molecule is Cc1noc(C)c1S(=O)(=O)NCCC(=O)N[C@H](C)c1ccc(F)cc1F. The molecule has 7 nitrogen and oxygen atoms in total. The molecule has 142 valence electrons. The number of nitrogens with one attached hydrogen (secondary N) is 2. The summed E-state index contributed by atoms with van der Waals surface area (Å²) in [7, 11) is -3.85. The predicted molar refractivity (Wildman–Crippen MR) is 88.7 cm³/mol. The number of benzene rings is 1. The molecule has 0 aliphatic rings. The maximum atomic E-state index is 13.7. The molecular weight excluding hydrogens is 368 g/mol. The molecule has 1 amide bonds. The fraction of sp³-hybridized carbons (Fsp3) is 0.375. The number of amides is 1. The summed E-state index contributed by atoms with van der Waals surface area (Å²) >= 11 is 0. The van der Waals surface area contributed by atoms with Crippen molar-refractivity contribution in [2.24, 2.45) is 0 Å². The van der Waals surface area contributed by atoms with Gasteiger partial charge in [-0.15, -0.1) is 0 Å². The molecule has 26 heavy (non-hydrogen) atoms. The summed E-state index contributed by atoms with van der Waals surface area (Å²) < 4.78 is 58.1. The van der Waals surface area contributed by atoms with Gasteiger partial charge < -0.3 is 9.84 Å². The molecule has 2 rings (SSSR count). The van der Waals surface area contributed by atoms with Crippen molar-refractivity contribution in [2.45, 2.75) is 38.1 Å². The largest absolute Gasteiger partial charge is 0.360 e. The van der Waals surface area contributed by atoms with Gasteiger partial charge in [0.2, 0.25) is 15.9 Å². The summed E-state index contributed by atoms with van der Waals surface area (Å²) in [5.74, 6) is -1.81. The first kappa shape index (κ1) is 20.0. The minimum absolute atomic E-state index is 0.0559. The Hall–Kier alpha value is -2.33. The number of rotatable bonds is 7. The van der Waals surface area contributed by atoms with Crippen LogP contribution in [-0.2, 0) is 14.8 Å². The second kappa shape index (κ2) is 7.92. The molecule has 0 radical (unpaired) electrons. The number of hydrogen-bond donors (Lipinski definition) is 2. The maximum absolute atomic E-state index is 13.7. The lowest BCUT2D eigenvalue weighted by Crippen LogP contribution is -2.32. The third-order valence-electron chi connectivity index (χ3n) is 3.69. The van der Waals surface area contributed by atoms with Gasteiger partial charge in [-0.2, -0.15) is 0 Å². The van der Waals surface area contributed by atoms with E-state index in [-0.39, 0.29) is 34.9 Å². The van der Waals surface area contributed by atoms with Crippen LogP contribution in [0.15, 0.2) is 27.6 Å². The number of aryl methyl sites for hydroxylation is 2. The summed E-state index contributed by atoms with van der Waals surface area (Å²) in [6, 6.07) is 2.38. The van der Waals surface area contributed by atoms with Gasteiger partial charge in [0, 0.05) is 24.6 Å². The lowest BCUT2D eigenvalue weighted by atomic mass is 10.1. The molecule has 1 atom stereocenters. The van der Waals surface area contributed by atoms with Crippen molar-refractivity contribution in [3.8, 4) is 0 Å². The summed E-state index contributed by atoms with van der Waals surface area (Å²) in [6.45, 7) is 4.36. The van der Waals surface area contributed by atoms with Gasteiger partial charge in [-0.05, 0) is 26.8 Å². The highest BCUT2D eigenvalue weighted by molar-refractivity contribution is 7.89. The Labute approximate surface area is 149 Å². The number of aromatic nitrogens is 1. The van der Waals surface area contributed by atoms with Crippen LogP contribution in [0.5, 0.6) is 0 Å². The van der Waals surface area contributed by atoms with Crippen LogP contribution in [0.4, 0.5) is 8.78 Å². The Morgan fingerprint density at radius 2 is 2.00 bits per heavy atom. The van der Waals surface area contributed by atoms with E-state index in [1.165, 1.54) is 19.9 Å². The first-order valence-electron chi connectivity index (χ1n) is 7.78. The van der Waals surface area contributed by atoms with Crippen LogP contribution in [0.3, 0.4) is 0 Å². The van der Waals surface area contributed by atoms with Crippen molar-refractivity contribution < 1.29 is 26.5 Å². The minimum Gasteiger partial charge on any atom is -0.360 e. The zero-order valence-corrected chi connectivity index (χ0v) is 15.3. The Kier molecular flexibility index (Phi) is 6.09. The van der Waals surface area contributed by atoms with Crippen molar-refractivity contribution >= 4 is 15.9 Å². The van der Waals surface area contributed by atoms with Crippen molar-refractivity contribution in [3.05, 3.63) is 46.9 Å². The van der Waals surface area contributed by atoms with Gasteiger partial charge in [-0.3, -0.25) is 4.79 Å². The fourth-order valence-electron chi connectivity index (χ4n) is 2.47. The molecule has 2 N–H and O–H groups in total. The lowest BCUT2D eigenvalue weighted by molar-refractivity contribution is -0.121. The molecular formula is C16H19F2N3O4S. The number of hydrogen-bond acceptors (Lipinski definition) is 5. The van der Waals surface area contributed by atoms with Crippen LogP contribution < -0.4 is 10.0 Å². The van der Waals surface area contributed by atoms with Gasteiger partial charge in [0.1, 0.15) is 22.2 Å². The number of sulfonamides is 1. The molecule has 0 saturated carbocycles. The molecule has 10 heteroatoms. The highest BCUT2D eigenvalue weighted by Gasteiger charge is 2.24. The number of carbonyl (C=O) groups is 1. The van der Waals surface area contributed by atoms with E-state index in [1.807, 2.05) is 0 Å². The average Bonchev–Trinajstić information content (AvgIpc) is 2.86. The molecule has 0 spiro atoms. The first-order valence-corrected chi connectivity index (χ1v) is 9.27. The summed E-state index contributed by atoms with van der Waals surface area (Å²) in [5.41, 5.74) is 0.357. The van der Waals surface area contributed by atoms with Crippen LogP contribution in [-0.4, -0.2) is 26.0 Å². The molecule has 2 aromatic rings. The third-order valence-corrected chi connectivity index (χ3v) is 5.39. The van der Waals surface area contributed by atoms with Crippen LogP contribution >= 0.6 is 0 Å². The summed E-state index contributed by atoms with van der Waals surface area (Å²) in [6.07, 6.45) is -0.157. The van der Waals surface area contributed by atoms with Crippen molar-refractivity contribution in [3.63, 3.8) is 0 Å². The second-order valence-electron chi connectivity index (χ2n) is 5.76. The maximum Gasteiger partial charge on any atom is 0.245 e. The standard InChI is InChI=1S/C16H19F2N3O4S/c1-9(13-5-4-12(17)8-14(13)18)20-15(22)6-7-19-26(23,24)16-10(2)21-25-11(16)3/h4-5,8-9,19H,6-7H2,1-3H3,(H,20,22)/t9-/m1/s1. The Morgan fingerprint density at radius 1 is 1.31 bits per heavy atom. The van der Waals surface area contributed by atoms with E-state index >= 15 is 0 Å². The molecule has 0 unspecified atom stereocenters. The van der Waals surface area contributed by atoms with Crippen LogP contribution in [0.25, 0.3) is 0 Å². The average molecular weight is 387 g/mol. The zero-order valence-electron chi connectivity index (χ0n) is 14.5. The van der Waals surface area contributed by atoms with Gasteiger partial charge in [0.15, 0.2) is 5.76 Å². The van der Waals surface area contributed by atoms with Gasteiger partial charge in [0.25, 0.3) is 0 Å². The van der Waals surface area contributed by atoms with E-state index in [4.69, 9.17) is 4.52 Å². The van der Waals surface area contributed by atoms with E-state index in [0.717, 1.165) is 12.1 Å². The van der Waals surface area contributed by atoms with Gasteiger partial charge >= 0.3 is 0 Å². The fourth-order valence-corrected chi connectivity index (χ4v) is 3.83. The zero-order chi connectivity index (χ0) is 19.5. The van der Waals surface area contributed by atoms with Crippen LogP contribution in [0.1, 0.15) is 36.4 Å². The highest BCUT2D eigenvalue weighted by atomic mass is 32.2. The molecule has 1 heterocycles. The van der Waals surface area contributed by atoms with E-state index in [0.29, 0.717) is 0 Å². The monoisotopic (exact) mass is 387 g/mol. The molecule has 0 fully saturated rings. The molecule has 1 aromatic carbocycles. The Balaban J connectivity index is 1.91. The lowest BCUT2D eigenvalue weighted by Gasteiger charge is -2.15. The predicted octanol–water partition coefficient (Wildman–Crippen LogP) is 2.12. The van der Waals surface area contributed by atoms with Crippen molar-refractivity contribution in [2.75, 3.05) is 6.54 Å². The first-order chi connectivity index (χ1) is 12.1. The number of nitrogens with zero attached hydrogens (tertiary/aromatic N) is 1. The normalized spacial score (nSPS) is 12.8. The summed E-state index contributed by atoms with van der Waals surface area (Å²) in [4.78, 5) is 11.9. The van der Waals surface area contributed by atoms with Crippen LogP contribution in [0.2, 0.25) is 0 Å². The smallest absolute Gasteiger partial charge is 0.245 e. The van der Waals surface area contributed by atoms with Gasteiger partial charge in [0.05, 0.1) is 6.04 Å². The third kappa shape index (κ3) is 4.64. The molecule has 0 bridgehead atoms. The molecule has 0 saturated heterocycles. The van der Waals surface area contributed by atoms with Gasteiger partial charge in [-0.1, -0.05) is 11.2 Å². The topological polar surface area (TPSA) is 101 Å². The molecule has 0 aliphatic carbocycles. The van der Waals surface area contributed by atoms with Crippen LogP contribution in [0, 0.1) is 25.5 Å². The highest BCUT2D eigenvalue weighted by Crippen LogP contribution is 2.19.